The third-order valence-corrected chi connectivity index (χ3v) is 5.58. The average Bonchev–Trinajstić information content (AvgIpc) is 3.19. The first-order valence-electron chi connectivity index (χ1n) is 10.0. The molecule has 28 heavy (non-hydrogen) atoms. The molecule has 1 aromatic carbocycles. The van der Waals surface area contributed by atoms with Crippen LogP contribution in [0.25, 0.3) is 0 Å². The van der Waals surface area contributed by atoms with Crippen LogP contribution in [0.3, 0.4) is 0 Å². The molecule has 146 valence electrons. The van der Waals surface area contributed by atoms with Gasteiger partial charge in [0.25, 0.3) is 5.91 Å². The Bertz CT molecular complexity index is 839. The highest BCUT2D eigenvalue weighted by Crippen LogP contribution is 2.25. The molecule has 2 aliphatic rings. The van der Waals surface area contributed by atoms with Gasteiger partial charge in [0, 0.05) is 50.5 Å². The number of rotatable bonds is 5. The molecule has 0 aliphatic carbocycles. The van der Waals surface area contributed by atoms with Crippen molar-refractivity contribution in [3.8, 4) is 0 Å². The number of benzene rings is 1. The Labute approximate surface area is 165 Å². The lowest BCUT2D eigenvalue weighted by Crippen LogP contribution is -2.48. The zero-order valence-corrected chi connectivity index (χ0v) is 16.0. The summed E-state index contributed by atoms with van der Waals surface area (Å²) in [5, 5.41) is 2.93. The topological polar surface area (TPSA) is 65.5 Å². The van der Waals surface area contributed by atoms with Crippen LogP contribution < -0.4 is 10.2 Å². The molecule has 0 saturated carbocycles. The maximum atomic E-state index is 12.5. The second kappa shape index (κ2) is 8.42. The number of hydrogen-bond donors (Lipinski definition) is 1. The van der Waals surface area contributed by atoms with E-state index in [1.54, 1.807) is 6.20 Å². The smallest absolute Gasteiger partial charge is 0.270 e. The van der Waals surface area contributed by atoms with Crippen molar-refractivity contribution in [2.24, 2.45) is 0 Å². The monoisotopic (exact) mass is 378 g/mol. The summed E-state index contributed by atoms with van der Waals surface area (Å²) in [7, 11) is 0. The lowest BCUT2D eigenvalue weighted by Gasteiger charge is -2.38. The average molecular weight is 378 g/mol. The summed E-state index contributed by atoms with van der Waals surface area (Å²) in [5.74, 6) is 0.108. The van der Waals surface area contributed by atoms with E-state index in [2.05, 4.69) is 15.2 Å². The van der Waals surface area contributed by atoms with E-state index in [4.69, 9.17) is 0 Å². The number of nitrogens with one attached hydrogen (secondary N) is 1. The van der Waals surface area contributed by atoms with Crippen molar-refractivity contribution in [3.05, 3.63) is 59.9 Å². The Hall–Kier alpha value is -2.89. The molecule has 1 atom stereocenters. The predicted octanol–water partition coefficient (Wildman–Crippen LogP) is 2.60. The van der Waals surface area contributed by atoms with E-state index in [0.29, 0.717) is 18.7 Å². The number of hydrogen-bond acceptors (Lipinski definition) is 4. The van der Waals surface area contributed by atoms with E-state index in [9.17, 15) is 9.59 Å². The highest BCUT2D eigenvalue weighted by atomic mass is 16.2. The van der Waals surface area contributed by atoms with Gasteiger partial charge in [-0.1, -0.05) is 30.3 Å². The van der Waals surface area contributed by atoms with E-state index in [0.717, 1.165) is 50.1 Å². The normalized spacial score (nSPS) is 19.7. The van der Waals surface area contributed by atoms with Crippen LogP contribution in [-0.4, -0.2) is 47.4 Å². The minimum absolute atomic E-state index is 0.172. The van der Waals surface area contributed by atoms with Crippen LogP contribution >= 0.6 is 0 Å². The molecule has 2 aromatic rings. The van der Waals surface area contributed by atoms with Crippen molar-refractivity contribution in [3.63, 3.8) is 0 Å². The summed E-state index contributed by atoms with van der Waals surface area (Å²) in [6.45, 7) is 3.11. The third-order valence-electron chi connectivity index (χ3n) is 5.58. The number of pyridine rings is 1. The quantitative estimate of drug-likeness (QED) is 0.869. The highest BCUT2D eigenvalue weighted by molar-refractivity contribution is 5.93. The first-order chi connectivity index (χ1) is 13.7. The van der Waals surface area contributed by atoms with Gasteiger partial charge in [0.05, 0.1) is 0 Å². The van der Waals surface area contributed by atoms with Crippen molar-refractivity contribution in [1.29, 1.82) is 0 Å². The van der Waals surface area contributed by atoms with Crippen LogP contribution in [0, 0.1) is 0 Å². The van der Waals surface area contributed by atoms with Crippen LogP contribution in [-0.2, 0) is 11.3 Å². The zero-order chi connectivity index (χ0) is 19.3. The second-order valence-electron chi connectivity index (χ2n) is 7.50. The molecule has 4 rings (SSSR count). The van der Waals surface area contributed by atoms with E-state index in [1.165, 1.54) is 0 Å². The van der Waals surface area contributed by atoms with Crippen molar-refractivity contribution >= 4 is 17.5 Å². The van der Waals surface area contributed by atoms with Gasteiger partial charge in [0.2, 0.25) is 5.91 Å². The number of carbonyl (C=O) groups is 2. The fraction of sp³-hybridized carbons (Fsp3) is 0.409. The standard InChI is InChI=1S/C22H26N4O2/c27-21-9-5-13-26(21)19-8-4-12-25(16-19)18-10-11-23-20(14-18)22(28)24-15-17-6-2-1-3-7-17/h1-3,6-7,10-11,14,19H,4-5,8-9,12-13,15-16H2,(H,24,28)/t19-/m1/s1. The number of aromatic nitrogens is 1. The van der Waals surface area contributed by atoms with Crippen molar-refractivity contribution in [2.75, 3.05) is 24.5 Å². The molecule has 1 N–H and O–H groups in total. The molecule has 2 fully saturated rings. The summed E-state index contributed by atoms with van der Waals surface area (Å²) in [6.07, 6.45) is 5.44. The van der Waals surface area contributed by atoms with Crippen LogP contribution in [0.4, 0.5) is 5.69 Å². The molecule has 1 aromatic heterocycles. The molecule has 0 spiro atoms. The molecule has 2 saturated heterocycles. The number of nitrogens with zero attached hydrogens (tertiary/aromatic N) is 3. The zero-order valence-electron chi connectivity index (χ0n) is 16.0. The number of anilines is 1. The maximum absolute atomic E-state index is 12.5. The fourth-order valence-electron chi connectivity index (χ4n) is 4.11. The van der Waals surface area contributed by atoms with Crippen LogP contribution in [0.2, 0.25) is 0 Å². The summed E-state index contributed by atoms with van der Waals surface area (Å²) in [4.78, 5) is 33.2. The van der Waals surface area contributed by atoms with Gasteiger partial charge in [-0.25, -0.2) is 0 Å². The van der Waals surface area contributed by atoms with Gasteiger partial charge in [0.15, 0.2) is 0 Å². The Morgan fingerprint density at radius 3 is 2.79 bits per heavy atom. The number of likely N-dealkylation sites (tertiary alicyclic amines) is 1. The van der Waals surface area contributed by atoms with Crippen LogP contribution in [0.1, 0.15) is 41.7 Å². The minimum Gasteiger partial charge on any atom is -0.369 e. The summed E-state index contributed by atoms with van der Waals surface area (Å²) < 4.78 is 0. The van der Waals surface area contributed by atoms with E-state index in [-0.39, 0.29) is 17.9 Å². The number of piperidine rings is 1. The van der Waals surface area contributed by atoms with Gasteiger partial charge in [-0.05, 0) is 37.0 Å². The van der Waals surface area contributed by atoms with Gasteiger partial charge in [0.1, 0.15) is 5.69 Å². The molecule has 0 unspecified atom stereocenters. The van der Waals surface area contributed by atoms with Gasteiger partial charge in [-0.2, -0.15) is 0 Å². The van der Waals surface area contributed by atoms with Crippen LogP contribution in [0.5, 0.6) is 0 Å². The molecule has 3 heterocycles. The largest absolute Gasteiger partial charge is 0.369 e. The number of carbonyl (C=O) groups excluding carboxylic acids is 2. The van der Waals surface area contributed by atoms with E-state index < -0.39 is 0 Å². The van der Waals surface area contributed by atoms with Crippen LogP contribution in [0.15, 0.2) is 48.7 Å². The molecule has 2 aliphatic heterocycles. The minimum atomic E-state index is -0.172. The van der Waals surface area contributed by atoms with Gasteiger partial charge in [-0.15, -0.1) is 0 Å². The summed E-state index contributed by atoms with van der Waals surface area (Å²) in [6, 6.07) is 13.9. The SMILES string of the molecule is O=C(NCc1ccccc1)c1cc(N2CCC[C@@H](N3CCCC3=O)C2)ccn1. The Kier molecular flexibility index (Phi) is 5.55. The molecule has 6 nitrogen and oxygen atoms in total. The Morgan fingerprint density at radius 2 is 2.00 bits per heavy atom. The lowest BCUT2D eigenvalue weighted by molar-refractivity contribution is -0.129. The Balaban J connectivity index is 1.41. The molecule has 0 bridgehead atoms. The molecular weight excluding hydrogens is 352 g/mol. The summed E-state index contributed by atoms with van der Waals surface area (Å²) in [5.41, 5.74) is 2.48. The molecular formula is C22H26N4O2. The van der Waals surface area contributed by atoms with Gasteiger partial charge >= 0.3 is 0 Å². The lowest BCUT2D eigenvalue weighted by atomic mass is 10.0. The van der Waals surface area contributed by atoms with Gasteiger partial charge in [-0.3, -0.25) is 14.6 Å². The number of amides is 2. The second-order valence-corrected chi connectivity index (χ2v) is 7.50. The van der Waals surface area contributed by atoms with Crippen molar-refractivity contribution in [2.45, 2.75) is 38.3 Å². The maximum Gasteiger partial charge on any atom is 0.270 e. The highest BCUT2D eigenvalue weighted by Gasteiger charge is 2.31. The first kappa shape index (κ1) is 18.5. The first-order valence-corrected chi connectivity index (χ1v) is 10.0. The van der Waals surface area contributed by atoms with Gasteiger partial charge < -0.3 is 15.1 Å². The molecule has 2 amide bonds. The molecule has 6 heteroatoms. The summed E-state index contributed by atoms with van der Waals surface area (Å²) >= 11 is 0. The third kappa shape index (κ3) is 4.16. The fourth-order valence-corrected chi connectivity index (χ4v) is 4.11. The predicted molar refractivity (Wildman–Crippen MR) is 108 cm³/mol. The van der Waals surface area contributed by atoms with E-state index in [1.807, 2.05) is 47.4 Å². The Morgan fingerprint density at radius 1 is 1.14 bits per heavy atom. The van der Waals surface area contributed by atoms with Crippen molar-refractivity contribution < 1.29 is 9.59 Å². The molecule has 0 radical (unpaired) electrons. The van der Waals surface area contributed by atoms with E-state index >= 15 is 0 Å². The van der Waals surface area contributed by atoms with Crippen molar-refractivity contribution in [1.82, 2.24) is 15.2 Å².